The first kappa shape index (κ1) is 20.9. The second kappa shape index (κ2) is 8.42. The Morgan fingerprint density at radius 1 is 1.30 bits per heavy atom. The monoisotopic (exact) mass is 411 g/mol. The van der Waals surface area contributed by atoms with Gasteiger partial charge in [0.1, 0.15) is 17.0 Å². The van der Waals surface area contributed by atoms with E-state index < -0.39 is 0 Å². The van der Waals surface area contributed by atoms with Crippen molar-refractivity contribution >= 4 is 5.91 Å². The number of hydrogen-bond donors (Lipinski definition) is 0. The van der Waals surface area contributed by atoms with Gasteiger partial charge in [0.2, 0.25) is 0 Å². The predicted octanol–water partition coefficient (Wildman–Crippen LogP) is 3.81. The first-order valence-electron chi connectivity index (χ1n) is 11.1. The zero-order valence-corrected chi connectivity index (χ0v) is 18.6. The van der Waals surface area contributed by atoms with Crippen molar-refractivity contribution in [3.63, 3.8) is 0 Å². The highest BCUT2D eigenvalue weighted by molar-refractivity contribution is 5.92. The molecule has 1 amide bonds. The molecule has 0 saturated carbocycles. The second-order valence-corrected chi connectivity index (χ2v) is 8.81. The van der Waals surface area contributed by atoms with Crippen molar-refractivity contribution in [3.05, 3.63) is 46.8 Å². The molecule has 1 spiro atoms. The molecule has 1 fully saturated rings. The number of likely N-dealkylation sites (tertiary alicyclic amines) is 1. The number of hydrogen-bond acceptors (Lipinski definition) is 4. The zero-order valence-electron chi connectivity index (χ0n) is 18.6. The number of aryl methyl sites for hydroxylation is 1. The number of amides is 1. The summed E-state index contributed by atoms with van der Waals surface area (Å²) in [7, 11) is 1.72. The molecule has 0 radical (unpaired) electrons. The Hall–Kier alpha value is -2.34. The van der Waals surface area contributed by atoms with Crippen molar-refractivity contribution in [2.75, 3.05) is 26.8 Å². The second-order valence-electron chi connectivity index (χ2n) is 8.81. The van der Waals surface area contributed by atoms with Gasteiger partial charge in [-0.2, -0.15) is 5.10 Å². The summed E-state index contributed by atoms with van der Waals surface area (Å²) in [6.45, 7) is 9.14. The SMILES string of the molecule is CCn1nc(CC(C)C)cc1C(=O)N1CCC2(CC1)OCCc1cccc(OC)c12. The molecule has 0 bridgehead atoms. The third kappa shape index (κ3) is 3.73. The van der Waals surface area contributed by atoms with Crippen LogP contribution in [0, 0.1) is 5.92 Å². The summed E-state index contributed by atoms with van der Waals surface area (Å²) in [6.07, 6.45) is 3.36. The zero-order chi connectivity index (χ0) is 21.3. The number of benzene rings is 1. The lowest BCUT2D eigenvalue weighted by Gasteiger charge is -2.45. The molecule has 2 aliphatic rings. The number of carbonyl (C=O) groups is 1. The molecule has 4 rings (SSSR count). The molecule has 162 valence electrons. The lowest BCUT2D eigenvalue weighted by atomic mass is 9.78. The van der Waals surface area contributed by atoms with Crippen LogP contribution in [-0.4, -0.2) is 47.4 Å². The number of piperidine rings is 1. The third-order valence-electron chi connectivity index (χ3n) is 6.36. The van der Waals surface area contributed by atoms with Crippen molar-refractivity contribution in [1.29, 1.82) is 0 Å². The Kier molecular flexibility index (Phi) is 5.87. The minimum absolute atomic E-state index is 0.0743. The summed E-state index contributed by atoms with van der Waals surface area (Å²) >= 11 is 0. The molecule has 6 nitrogen and oxygen atoms in total. The number of aromatic nitrogens is 2. The van der Waals surface area contributed by atoms with Crippen LogP contribution in [0.1, 0.15) is 60.9 Å². The summed E-state index contributed by atoms with van der Waals surface area (Å²) in [4.78, 5) is 15.3. The number of carbonyl (C=O) groups excluding carboxylic acids is 1. The summed E-state index contributed by atoms with van der Waals surface area (Å²) in [6, 6.07) is 8.22. The van der Waals surface area contributed by atoms with E-state index in [2.05, 4.69) is 31.1 Å². The van der Waals surface area contributed by atoms with Crippen LogP contribution in [0.25, 0.3) is 0 Å². The summed E-state index contributed by atoms with van der Waals surface area (Å²) in [5, 5.41) is 4.65. The van der Waals surface area contributed by atoms with Gasteiger partial charge in [-0.3, -0.25) is 9.48 Å². The van der Waals surface area contributed by atoms with Crippen molar-refractivity contribution in [1.82, 2.24) is 14.7 Å². The van der Waals surface area contributed by atoms with Gasteiger partial charge in [0.15, 0.2) is 0 Å². The van der Waals surface area contributed by atoms with Crippen LogP contribution < -0.4 is 4.74 Å². The van der Waals surface area contributed by atoms with E-state index in [0.29, 0.717) is 31.2 Å². The predicted molar refractivity (Wildman–Crippen MR) is 116 cm³/mol. The van der Waals surface area contributed by atoms with Gasteiger partial charge in [-0.05, 0) is 56.2 Å². The highest BCUT2D eigenvalue weighted by Crippen LogP contribution is 2.45. The van der Waals surface area contributed by atoms with Crippen molar-refractivity contribution in [3.8, 4) is 5.75 Å². The first-order chi connectivity index (χ1) is 14.5. The summed E-state index contributed by atoms with van der Waals surface area (Å²) in [5.41, 5.74) is 3.83. The molecule has 0 unspecified atom stereocenters. The van der Waals surface area contributed by atoms with E-state index in [1.807, 2.05) is 28.6 Å². The third-order valence-corrected chi connectivity index (χ3v) is 6.36. The molecule has 30 heavy (non-hydrogen) atoms. The number of nitrogens with zero attached hydrogens (tertiary/aromatic N) is 3. The Balaban J connectivity index is 1.54. The highest BCUT2D eigenvalue weighted by atomic mass is 16.5. The molecule has 6 heteroatoms. The maximum absolute atomic E-state index is 13.3. The van der Waals surface area contributed by atoms with Crippen LogP contribution >= 0.6 is 0 Å². The van der Waals surface area contributed by atoms with Gasteiger partial charge in [0.25, 0.3) is 5.91 Å². The molecule has 1 aromatic carbocycles. The topological polar surface area (TPSA) is 56.6 Å². The number of methoxy groups -OCH3 is 1. The van der Waals surface area contributed by atoms with E-state index in [4.69, 9.17) is 9.47 Å². The Labute approximate surface area is 179 Å². The molecule has 0 aliphatic carbocycles. The molecular weight excluding hydrogens is 378 g/mol. The van der Waals surface area contributed by atoms with Gasteiger partial charge in [0, 0.05) is 25.2 Å². The maximum atomic E-state index is 13.3. The normalized spacial score (nSPS) is 18.0. The fourth-order valence-corrected chi connectivity index (χ4v) is 4.93. The van der Waals surface area contributed by atoms with E-state index in [1.165, 1.54) is 11.1 Å². The first-order valence-corrected chi connectivity index (χ1v) is 11.1. The van der Waals surface area contributed by atoms with Crippen molar-refractivity contribution in [2.24, 2.45) is 5.92 Å². The molecule has 2 aliphatic heterocycles. The molecule has 0 N–H and O–H groups in total. The molecule has 1 saturated heterocycles. The summed E-state index contributed by atoms with van der Waals surface area (Å²) in [5.74, 6) is 1.49. The summed E-state index contributed by atoms with van der Waals surface area (Å²) < 4.78 is 13.9. The fourth-order valence-electron chi connectivity index (χ4n) is 4.93. The van der Waals surface area contributed by atoms with Gasteiger partial charge < -0.3 is 14.4 Å². The molecule has 3 heterocycles. The van der Waals surface area contributed by atoms with Gasteiger partial charge in [-0.1, -0.05) is 26.0 Å². The largest absolute Gasteiger partial charge is 0.496 e. The van der Waals surface area contributed by atoms with Gasteiger partial charge in [-0.15, -0.1) is 0 Å². The Bertz CT molecular complexity index is 896. The smallest absolute Gasteiger partial charge is 0.272 e. The van der Waals surface area contributed by atoms with Crippen LogP contribution in [-0.2, 0) is 29.7 Å². The Morgan fingerprint density at radius 3 is 2.73 bits per heavy atom. The minimum atomic E-state index is -0.356. The van der Waals surface area contributed by atoms with E-state index in [1.54, 1.807) is 7.11 Å². The number of fused-ring (bicyclic) bond motifs is 2. The van der Waals surface area contributed by atoms with E-state index in [-0.39, 0.29) is 11.5 Å². The highest BCUT2D eigenvalue weighted by Gasteiger charge is 2.44. The lowest BCUT2D eigenvalue weighted by molar-refractivity contribution is -0.0947. The van der Waals surface area contributed by atoms with Crippen molar-refractivity contribution in [2.45, 2.75) is 58.6 Å². The quantitative estimate of drug-likeness (QED) is 0.751. The van der Waals surface area contributed by atoms with Crippen LogP contribution in [0.15, 0.2) is 24.3 Å². The average molecular weight is 412 g/mol. The molecule has 2 aromatic rings. The van der Waals surface area contributed by atoms with Gasteiger partial charge >= 0.3 is 0 Å². The van der Waals surface area contributed by atoms with Crippen LogP contribution in [0.4, 0.5) is 0 Å². The molecular formula is C24H33N3O3. The van der Waals surface area contributed by atoms with E-state index in [9.17, 15) is 4.79 Å². The Morgan fingerprint density at radius 2 is 2.07 bits per heavy atom. The van der Waals surface area contributed by atoms with Gasteiger partial charge in [-0.25, -0.2) is 0 Å². The minimum Gasteiger partial charge on any atom is -0.496 e. The van der Waals surface area contributed by atoms with Crippen LogP contribution in [0.2, 0.25) is 0 Å². The van der Waals surface area contributed by atoms with Crippen LogP contribution in [0.3, 0.4) is 0 Å². The van der Waals surface area contributed by atoms with Crippen molar-refractivity contribution < 1.29 is 14.3 Å². The average Bonchev–Trinajstić information content (AvgIpc) is 3.15. The standard InChI is InChI=1S/C24H33N3O3/c1-5-27-20(16-19(25-27)15-17(2)3)23(28)26-12-10-24(11-13-26)22-18(9-14-30-24)7-6-8-21(22)29-4/h6-8,16-17H,5,9-15H2,1-4H3. The maximum Gasteiger partial charge on any atom is 0.272 e. The van der Waals surface area contributed by atoms with Gasteiger partial charge in [0.05, 0.1) is 19.4 Å². The lowest BCUT2D eigenvalue weighted by Crippen LogP contribution is -2.48. The fraction of sp³-hybridized carbons (Fsp3) is 0.583. The van der Waals surface area contributed by atoms with E-state index >= 15 is 0 Å². The van der Waals surface area contributed by atoms with E-state index in [0.717, 1.165) is 43.7 Å². The molecule has 0 atom stereocenters. The molecule has 1 aromatic heterocycles. The van der Waals surface area contributed by atoms with Crippen LogP contribution in [0.5, 0.6) is 5.75 Å². The number of rotatable bonds is 5. The number of ether oxygens (including phenoxy) is 2.